The van der Waals surface area contributed by atoms with Gasteiger partial charge in [-0.3, -0.25) is 4.79 Å². The van der Waals surface area contributed by atoms with Crippen LogP contribution in [0.2, 0.25) is 0 Å². The first-order valence-corrected chi connectivity index (χ1v) is 9.50. The summed E-state index contributed by atoms with van der Waals surface area (Å²) >= 11 is 1.60. The van der Waals surface area contributed by atoms with Crippen LogP contribution in [0.15, 0.2) is 60.7 Å². The minimum absolute atomic E-state index is 0.264. The zero-order valence-corrected chi connectivity index (χ0v) is 15.1. The van der Waals surface area contributed by atoms with Crippen LogP contribution < -0.4 is 5.32 Å². The summed E-state index contributed by atoms with van der Waals surface area (Å²) in [5.74, 6) is 0.598. The van der Waals surface area contributed by atoms with Gasteiger partial charge in [0.05, 0.1) is 6.61 Å². The molecule has 0 aliphatic rings. The van der Waals surface area contributed by atoms with Crippen molar-refractivity contribution in [2.24, 2.45) is 0 Å². The average molecular weight is 357 g/mol. The third kappa shape index (κ3) is 6.63. The van der Waals surface area contributed by atoms with Crippen molar-refractivity contribution in [1.82, 2.24) is 5.32 Å². The van der Waals surface area contributed by atoms with Crippen molar-refractivity contribution in [3.05, 3.63) is 71.8 Å². The molecule has 0 radical (unpaired) electrons. The van der Waals surface area contributed by atoms with E-state index in [0.29, 0.717) is 17.9 Å². The molecular formula is C20H23NO3S. The van der Waals surface area contributed by atoms with Crippen LogP contribution in [-0.2, 0) is 15.3 Å². The van der Waals surface area contributed by atoms with E-state index < -0.39 is 6.04 Å². The lowest BCUT2D eigenvalue weighted by Gasteiger charge is -2.17. The summed E-state index contributed by atoms with van der Waals surface area (Å²) in [5, 5.41) is 2.79. The van der Waals surface area contributed by atoms with Gasteiger partial charge in [0.2, 0.25) is 0 Å². The molecule has 132 valence electrons. The van der Waals surface area contributed by atoms with E-state index >= 15 is 0 Å². The van der Waals surface area contributed by atoms with Gasteiger partial charge in [-0.25, -0.2) is 4.79 Å². The molecule has 0 saturated carbocycles. The lowest BCUT2D eigenvalue weighted by molar-refractivity contribution is -0.145. The summed E-state index contributed by atoms with van der Waals surface area (Å²) in [7, 11) is 0. The monoisotopic (exact) mass is 357 g/mol. The van der Waals surface area contributed by atoms with Gasteiger partial charge in [0.15, 0.2) is 0 Å². The average Bonchev–Trinajstić information content (AvgIpc) is 2.66. The molecule has 1 amide bonds. The number of esters is 1. The Bertz CT molecular complexity index is 661. The van der Waals surface area contributed by atoms with Gasteiger partial charge in [-0.1, -0.05) is 55.5 Å². The molecule has 1 unspecified atom stereocenters. The Morgan fingerprint density at radius 1 is 1.04 bits per heavy atom. The van der Waals surface area contributed by atoms with Gasteiger partial charge in [0, 0.05) is 17.1 Å². The summed E-state index contributed by atoms with van der Waals surface area (Å²) < 4.78 is 5.23. The van der Waals surface area contributed by atoms with E-state index in [-0.39, 0.29) is 11.9 Å². The lowest BCUT2D eigenvalue weighted by atomic mass is 10.2. The molecule has 0 aromatic heterocycles. The Morgan fingerprint density at radius 3 is 2.32 bits per heavy atom. The van der Waals surface area contributed by atoms with Crippen LogP contribution in [-0.4, -0.2) is 30.3 Å². The maximum atomic E-state index is 12.3. The number of amides is 1. The third-order valence-electron chi connectivity index (χ3n) is 3.47. The number of thioether (sulfide) groups is 1. The fourth-order valence-electron chi connectivity index (χ4n) is 2.17. The van der Waals surface area contributed by atoms with Crippen LogP contribution in [0.1, 0.15) is 29.3 Å². The van der Waals surface area contributed by atoms with Gasteiger partial charge in [0.1, 0.15) is 6.04 Å². The van der Waals surface area contributed by atoms with Crippen molar-refractivity contribution < 1.29 is 14.3 Å². The standard InChI is InChI=1S/C20H23NO3S/c1-2-13-24-20(23)18(15-25-14-16-9-5-3-6-10-16)21-19(22)17-11-7-4-8-12-17/h3-12,18H,2,13-15H2,1H3,(H,21,22). The van der Waals surface area contributed by atoms with E-state index in [9.17, 15) is 9.59 Å². The predicted octanol–water partition coefficient (Wildman–Crippen LogP) is 3.67. The van der Waals surface area contributed by atoms with Gasteiger partial charge >= 0.3 is 5.97 Å². The number of hydrogen-bond donors (Lipinski definition) is 1. The molecule has 0 spiro atoms. The minimum atomic E-state index is -0.659. The van der Waals surface area contributed by atoms with Crippen molar-refractivity contribution in [3.63, 3.8) is 0 Å². The second-order valence-corrected chi connectivity index (χ2v) is 6.59. The van der Waals surface area contributed by atoms with Crippen molar-refractivity contribution in [2.45, 2.75) is 25.1 Å². The van der Waals surface area contributed by atoms with E-state index in [1.165, 1.54) is 5.56 Å². The molecule has 4 nitrogen and oxygen atoms in total. The summed E-state index contributed by atoms with van der Waals surface area (Å²) in [6.07, 6.45) is 0.752. The van der Waals surface area contributed by atoms with Gasteiger partial charge < -0.3 is 10.1 Å². The number of carbonyl (C=O) groups excluding carboxylic acids is 2. The maximum Gasteiger partial charge on any atom is 0.329 e. The molecule has 0 aliphatic carbocycles. The zero-order valence-electron chi connectivity index (χ0n) is 14.3. The van der Waals surface area contributed by atoms with Crippen molar-refractivity contribution >= 4 is 23.6 Å². The second-order valence-electron chi connectivity index (χ2n) is 5.56. The fraction of sp³-hybridized carbons (Fsp3) is 0.300. The molecule has 0 fully saturated rings. The van der Waals surface area contributed by atoms with Gasteiger partial charge in [-0.05, 0) is 24.1 Å². The Morgan fingerprint density at radius 2 is 1.68 bits per heavy atom. The van der Waals surface area contributed by atoms with Crippen LogP contribution in [0, 0.1) is 0 Å². The van der Waals surface area contributed by atoms with E-state index in [1.54, 1.807) is 36.0 Å². The number of nitrogens with one attached hydrogen (secondary N) is 1. The summed E-state index contributed by atoms with van der Waals surface area (Å²) in [5.41, 5.74) is 1.71. The number of benzene rings is 2. The zero-order chi connectivity index (χ0) is 17.9. The predicted molar refractivity (Wildman–Crippen MR) is 102 cm³/mol. The van der Waals surface area contributed by atoms with Crippen LogP contribution in [0.25, 0.3) is 0 Å². The highest BCUT2D eigenvalue weighted by molar-refractivity contribution is 7.98. The molecule has 0 saturated heterocycles. The van der Waals surface area contributed by atoms with Gasteiger partial charge in [-0.2, -0.15) is 11.8 Å². The Hall–Kier alpha value is -2.27. The van der Waals surface area contributed by atoms with Crippen LogP contribution in [0.5, 0.6) is 0 Å². The first-order valence-electron chi connectivity index (χ1n) is 8.35. The first-order chi connectivity index (χ1) is 12.2. The Kier molecular flexibility index (Phi) is 8.05. The normalized spacial score (nSPS) is 11.6. The maximum absolute atomic E-state index is 12.3. The minimum Gasteiger partial charge on any atom is -0.464 e. The summed E-state index contributed by atoms with van der Waals surface area (Å²) in [6, 6.07) is 18.3. The molecule has 0 bridgehead atoms. The molecule has 5 heteroatoms. The van der Waals surface area contributed by atoms with E-state index in [1.807, 2.05) is 43.3 Å². The molecule has 2 aromatic carbocycles. The molecule has 1 atom stereocenters. The fourth-order valence-corrected chi connectivity index (χ4v) is 3.17. The van der Waals surface area contributed by atoms with Crippen molar-refractivity contribution in [3.8, 4) is 0 Å². The third-order valence-corrected chi connectivity index (χ3v) is 4.58. The number of rotatable bonds is 9. The summed E-state index contributed by atoms with van der Waals surface area (Å²) in [6.45, 7) is 2.30. The molecular weight excluding hydrogens is 334 g/mol. The van der Waals surface area contributed by atoms with Gasteiger partial charge in [-0.15, -0.1) is 0 Å². The topological polar surface area (TPSA) is 55.4 Å². The molecule has 25 heavy (non-hydrogen) atoms. The quantitative estimate of drug-likeness (QED) is 0.696. The highest BCUT2D eigenvalue weighted by Gasteiger charge is 2.22. The number of hydrogen-bond acceptors (Lipinski definition) is 4. The SMILES string of the molecule is CCCOC(=O)C(CSCc1ccccc1)NC(=O)c1ccccc1. The van der Waals surface area contributed by atoms with E-state index in [2.05, 4.69) is 5.32 Å². The molecule has 0 aliphatic heterocycles. The number of ether oxygens (including phenoxy) is 1. The Balaban J connectivity index is 1.94. The first kappa shape index (κ1) is 19.1. The largest absolute Gasteiger partial charge is 0.464 e. The Labute approximate surface area is 153 Å². The highest BCUT2D eigenvalue weighted by Crippen LogP contribution is 2.14. The molecule has 0 heterocycles. The van der Waals surface area contributed by atoms with Crippen molar-refractivity contribution in [1.29, 1.82) is 0 Å². The van der Waals surface area contributed by atoms with Crippen LogP contribution in [0.4, 0.5) is 0 Å². The highest BCUT2D eigenvalue weighted by atomic mass is 32.2. The summed E-state index contributed by atoms with van der Waals surface area (Å²) in [4.78, 5) is 24.6. The van der Waals surface area contributed by atoms with E-state index in [0.717, 1.165) is 12.2 Å². The van der Waals surface area contributed by atoms with Gasteiger partial charge in [0.25, 0.3) is 5.91 Å². The molecule has 2 aromatic rings. The van der Waals surface area contributed by atoms with Crippen molar-refractivity contribution in [2.75, 3.05) is 12.4 Å². The van der Waals surface area contributed by atoms with Crippen LogP contribution in [0.3, 0.4) is 0 Å². The van der Waals surface area contributed by atoms with E-state index in [4.69, 9.17) is 4.74 Å². The molecule has 2 rings (SSSR count). The number of carbonyl (C=O) groups is 2. The van der Waals surface area contributed by atoms with Crippen LogP contribution >= 0.6 is 11.8 Å². The smallest absolute Gasteiger partial charge is 0.329 e. The lowest BCUT2D eigenvalue weighted by Crippen LogP contribution is -2.43. The second kappa shape index (κ2) is 10.6. The molecule has 1 N–H and O–H groups in total.